The van der Waals surface area contributed by atoms with Crippen LogP contribution in [-0.4, -0.2) is 22.8 Å². The molecule has 1 atom stereocenters. The fourth-order valence-corrected chi connectivity index (χ4v) is 4.71. The third-order valence-corrected chi connectivity index (χ3v) is 5.76. The van der Waals surface area contributed by atoms with E-state index in [2.05, 4.69) is 69.4 Å². The molecule has 3 aliphatic carbocycles. The number of nitrogens with one attached hydrogen (secondary N) is 2. The van der Waals surface area contributed by atoms with E-state index in [0.29, 0.717) is 30.1 Å². The summed E-state index contributed by atoms with van der Waals surface area (Å²) in [6.45, 7) is 0.635. The van der Waals surface area contributed by atoms with Crippen LogP contribution >= 0.6 is 0 Å². The summed E-state index contributed by atoms with van der Waals surface area (Å²) in [7, 11) is 0. The molecule has 2 bridgehead atoms. The van der Waals surface area contributed by atoms with Crippen LogP contribution in [0.25, 0.3) is 0 Å². The number of carbonyl (C=O) groups excluding carboxylic acids is 1. The van der Waals surface area contributed by atoms with E-state index >= 15 is 0 Å². The van der Waals surface area contributed by atoms with E-state index in [1.165, 1.54) is 22.3 Å². The number of rotatable bonds is 3. The maximum Gasteiger partial charge on any atom is 0.320 e. The monoisotopic (exact) mass is 356 g/mol. The third kappa shape index (κ3) is 2.76. The van der Waals surface area contributed by atoms with Crippen LogP contribution in [0.1, 0.15) is 40.5 Å². The van der Waals surface area contributed by atoms with Crippen molar-refractivity contribution in [3.63, 3.8) is 0 Å². The molecule has 0 saturated heterocycles. The standard InChI is InChI=1S/C22H20N4O/c27-22(25-20-10-5-11-24-26-20)23-13-14-12-19-15-6-1-3-8-17(15)21(14)18-9-4-2-7-16(18)19/h1-11,14,19,21H,12-13H2,(H2,23,25,26,27)/t14-,19?,21?/m1/s1. The zero-order chi connectivity index (χ0) is 18.2. The van der Waals surface area contributed by atoms with Gasteiger partial charge in [0.15, 0.2) is 5.82 Å². The van der Waals surface area contributed by atoms with Gasteiger partial charge in [0.2, 0.25) is 0 Å². The molecule has 0 unspecified atom stereocenters. The second-order valence-electron chi connectivity index (χ2n) is 7.23. The molecular formula is C22H20N4O. The van der Waals surface area contributed by atoms with Gasteiger partial charge in [-0.25, -0.2) is 4.79 Å². The van der Waals surface area contributed by atoms with E-state index in [-0.39, 0.29) is 6.03 Å². The van der Waals surface area contributed by atoms with E-state index in [1.54, 1.807) is 18.3 Å². The molecule has 0 aliphatic heterocycles. The van der Waals surface area contributed by atoms with Gasteiger partial charge in [0.05, 0.1) is 0 Å². The summed E-state index contributed by atoms with van der Waals surface area (Å²) in [5.74, 6) is 1.58. The molecule has 1 heterocycles. The van der Waals surface area contributed by atoms with Crippen molar-refractivity contribution in [1.29, 1.82) is 0 Å². The van der Waals surface area contributed by atoms with Crippen LogP contribution in [0, 0.1) is 5.92 Å². The van der Waals surface area contributed by atoms with E-state index in [4.69, 9.17) is 0 Å². The van der Waals surface area contributed by atoms with Crippen LogP contribution < -0.4 is 10.6 Å². The molecule has 0 spiro atoms. The Labute approximate surface area is 157 Å². The Kier molecular flexibility index (Phi) is 3.85. The van der Waals surface area contributed by atoms with E-state index in [9.17, 15) is 4.79 Å². The fraction of sp³-hybridized carbons (Fsp3) is 0.227. The largest absolute Gasteiger partial charge is 0.338 e. The quantitative estimate of drug-likeness (QED) is 0.748. The highest BCUT2D eigenvalue weighted by Crippen LogP contribution is 2.55. The second kappa shape index (κ2) is 6.50. The first kappa shape index (κ1) is 16.0. The lowest BCUT2D eigenvalue weighted by Gasteiger charge is -2.45. The van der Waals surface area contributed by atoms with Crippen LogP contribution in [-0.2, 0) is 0 Å². The van der Waals surface area contributed by atoms with E-state index in [0.717, 1.165) is 6.42 Å². The molecule has 0 radical (unpaired) electrons. The van der Waals surface area contributed by atoms with Crippen LogP contribution in [0.5, 0.6) is 0 Å². The summed E-state index contributed by atoms with van der Waals surface area (Å²) in [6, 6.07) is 20.7. The molecule has 0 fully saturated rings. The maximum absolute atomic E-state index is 12.3. The number of urea groups is 1. The predicted molar refractivity (Wildman–Crippen MR) is 104 cm³/mol. The zero-order valence-corrected chi connectivity index (χ0v) is 14.8. The smallest absolute Gasteiger partial charge is 0.320 e. The van der Waals surface area contributed by atoms with Gasteiger partial charge in [-0.1, -0.05) is 48.5 Å². The van der Waals surface area contributed by atoms with Gasteiger partial charge in [0, 0.05) is 24.6 Å². The lowest BCUT2D eigenvalue weighted by molar-refractivity contribution is 0.247. The van der Waals surface area contributed by atoms with E-state index in [1.807, 2.05) is 0 Å². The average Bonchev–Trinajstić information content (AvgIpc) is 2.73. The minimum Gasteiger partial charge on any atom is -0.338 e. The highest BCUT2D eigenvalue weighted by molar-refractivity contribution is 5.88. The van der Waals surface area contributed by atoms with Crippen molar-refractivity contribution in [2.24, 2.45) is 5.92 Å². The number of anilines is 1. The zero-order valence-electron chi connectivity index (χ0n) is 14.8. The molecule has 0 saturated carbocycles. The number of hydrogen-bond donors (Lipinski definition) is 2. The lowest BCUT2D eigenvalue weighted by Crippen LogP contribution is -2.40. The van der Waals surface area contributed by atoms with Crippen LogP contribution in [0.2, 0.25) is 0 Å². The predicted octanol–water partition coefficient (Wildman–Crippen LogP) is 3.90. The third-order valence-electron chi connectivity index (χ3n) is 5.76. The van der Waals surface area contributed by atoms with Crippen molar-refractivity contribution in [2.45, 2.75) is 18.3 Å². The van der Waals surface area contributed by atoms with Gasteiger partial charge >= 0.3 is 6.03 Å². The molecule has 134 valence electrons. The number of aromatic nitrogens is 2. The van der Waals surface area contributed by atoms with Crippen molar-refractivity contribution in [3.8, 4) is 0 Å². The highest BCUT2D eigenvalue weighted by atomic mass is 16.2. The summed E-state index contributed by atoms with van der Waals surface area (Å²) in [6.07, 6.45) is 2.64. The number of carbonyl (C=O) groups is 1. The highest BCUT2D eigenvalue weighted by Gasteiger charge is 2.42. The number of fused-ring (bicyclic) bond motifs is 1. The lowest BCUT2D eigenvalue weighted by atomic mass is 9.59. The molecule has 2 amide bonds. The van der Waals surface area contributed by atoms with E-state index < -0.39 is 0 Å². The molecular weight excluding hydrogens is 336 g/mol. The van der Waals surface area contributed by atoms with Gasteiger partial charge in [0.1, 0.15) is 0 Å². The maximum atomic E-state index is 12.3. The first-order valence-corrected chi connectivity index (χ1v) is 9.31. The number of benzene rings is 2. The SMILES string of the molecule is O=C(NC[C@H]1CC2c3ccccc3C1c1ccccc12)Nc1cccnn1. The average molecular weight is 356 g/mol. The minimum atomic E-state index is -0.237. The number of amides is 2. The summed E-state index contributed by atoms with van der Waals surface area (Å²) >= 11 is 0. The van der Waals surface area contributed by atoms with Gasteiger partial charge in [-0.3, -0.25) is 5.32 Å². The number of hydrogen-bond acceptors (Lipinski definition) is 3. The van der Waals surface area contributed by atoms with Gasteiger partial charge in [-0.05, 0) is 46.7 Å². The summed E-state index contributed by atoms with van der Waals surface area (Å²) in [5.41, 5.74) is 5.71. The first-order chi connectivity index (χ1) is 13.3. The molecule has 3 aliphatic rings. The Morgan fingerprint density at radius 1 is 0.926 bits per heavy atom. The van der Waals surface area contributed by atoms with Gasteiger partial charge in [0.25, 0.3) is 0 Å². The Balaban J connectivity index is 1.37. The van der Waals surface area contributed by atoms with Crippen molar-refractivity contribution >= 4 is 11.8 Å². The van der Waals surface area contributed by atoms with Crippen molar-refractivity contribution in [1.82, 2.24) is 15.5 Å². The topological polar surface area (TPSA) is 66.9 Å². The van der Waals surface area contributed by atoms with Crippen molar-refractivity contribution in [2.75, 3.05) is 11.9 Å². The Bertz CT molecular complexity index is 941. The summed E-state index contributed by atoms with van der Waals surface area (Å²) in [4.78, 5) is 12.3. The van der Waals surface area contributed by atoms with Crippen molar-refractivity contribution < 1.29 is 4.79 Å². The Morgan fingerprint density at radius 2 is 1.59 bits per heavy atom. The molecule has 2 N–H and O–H groups in total. The molecule has 2 aromatic carbocycles. The second-order valence-corrected chi connectivity index (χ2v) is 7.23. The Hall–Kier alpha value is -3.21. The molecule has 1 aromatic heterocycles. The Morgan fingerprint density at radius 3 is 2.22 bits per heavy atom. The molecule has 5 nitrogen and oxygen atoms in total. The summed E-state index contributed by atoms with van der Waals surface area (Å²) in [5, 5.41) is 13.4. The minimum absolute atomic E-state index is 0.237. The molecule has 6 rings (SSSR count). The molecule has 27 heavy (non-hydrogen) atoms. The van der Waals surface area contributed by atoms with Gasteiger partial charge in [-0.15, -0.1) is 5.10 Å². The summed E-state index contributed by atoms with van der Waals surface area (Å²) < 4.78 is 0. The fourth-order valence-electron chi connectivity index (χ4n) is 4.71. The van der Waals surface area contributed by atoms with Gasteiger partial charge in [-0.2, -0.15) is 5.10 Å². The van der Waals surface area contributed by atoms with Crippen LogP contribution in [0.15, 0.2) is 66.9 Å². The van der Waals surface area contributed by atoms with Crippen LogP contribution in [0.4, 0.5) is 10.6 Å². The normalized spacial score (nSPS) is 21.9. The molecule has 5 heteroatoms. The van der Waals surface area contributed by atoms with Crippen molar-refractivity contribution in [3.05, 3.63) is 89.1 Å². The number of nitrogens with zero attached hydrogens (tertiary/aromatic N) is 2. The molecule has 3 aromatic rings. The van der Waals surface area contributed by atoms with Crippen LogP contribution in [0.3, 0.4) is 0 Å². The first-order valence-electron chi connectivity index (χ1n) is 9.31. The van der Waals surface area contributed by atoms with Gasteiger partial charge < -0.3 is 5.32 Å².